The molecule has 1 aromatic carbocycles. The second-order valence-electron chi connectivity index (χ2n) is 6.48. The number of thiazole rings is 1. The summed E-state index contributed by atoms with van der Waals surface area (Å²) in [5.41, 5.74) is 2.35. The first-order valence-electron chi connectivity index (χ1n) is 9.07. The smallest absolute Gasteiger partial charge is 0.190 e. The monoisotopic (exact) mass is 374 g/mol. The Morgan fingerprint density at radius 1 is 1.23 bits per heavy atom. The van der Waals surface area contributed by atoms with Crippen LogP contribution >= 0.6 is 11.3 Å². The Morgan fingerprint density at radius 2 is 2.00 bits per heavy atom. The van der Waals surface area contributed by atoms with Crippen molar-refractivity contribution in [1.29, 1.82) is 0 Å². The van der Waals surface area contributed by atoms with Crippen molar-refractivity contribution in [2.24, 2.45) is 10.9 Å². The van der Waals surface area contributed by atoms with E-state index < -0.39 is 0 Å². The van der Waals surface area contributed by atoms with E-state index in [1.165, 1.54) is 10.4 Å². The highest BCUT2D eigenvalue weighted by atomic mass is 32.1. The van der Waals surface area contributed by atoms with Gasteiger partial charge in [-0.3, -0.25) is 4.99 Å². The van der Waals surface area contributed by atoms with E-state index in [0.717, 1.165) is 42.8 Å². The summed E-state index contributed by atoms with van der Waals surface area (Å²) in [5, 5.41) is 7.87. The van der Waals surface area contributed by atoms with Crippen molar-refractivity contribution in [2.75, 3.05) is 26.7 Å². The van der Waals surface area contributed by atoms with Crippen LogP contribution in [0.5, 0.6) is 0 Å². The molecule has 1 atom stereocenters. The van der Waals surface area contributed by atoms with Gasteiger partial charge >= 0.3 is 0 Å². The second-order valence-corrected chi connectivity index (χ2v) is 7.77. The van der Waals surface area contributed by atoms with Gasteiger partial charge in [0, 0.05) is 31.4 Å². The average Bonchev–Trinajstić information content (AvgIpc) is 2.96. The van der Waals surface area contributed by atoms with Crippen molar-refractivity contribution in [2.45, 2.75) is 33.8 Å². The van der Waals surface area contributed by atoms with Gasteiger partial charge in [0.2, 0.25) is 0 Å². The Balaban J connectivity index is 1.62. The lowest BCUT2D eigenvalue weighted by Gasteiger charge is -2.16. The molecule has 2 aromatic rings. The second kappa shape index (κ2) is 10.9. The molecule has 0 amide bonds. The minimum Gasteiger partial charge on any atom is -0.376 e. The number of aryl methyl sites for hydroxylation is 2. The molecule has 2 N–H and O–H groups in total. The van der Waals surface area contributed by atoms with Gasteiger partial charge in [0.25, 0.3) is 0 Å². The fourth-order valence-corrected chi connectivity index (χ4v) is 3.54. The summed E-state index contributed by atoms with van der Waals surface area (Å²) in [4.78, 5) is 10.1. The summed E-state index contributed by atoms with van der Waals surface area (Å²) in [5.74, 6) is 1.24. The largest absolute Gasteiger partial charge is 0.376 e. The van der Waals surface area contributed by atoms with Crippen molar-refractivity contribution in [3.63, 3.8) is 0 Å². The highest BCUT2D eigenvalue weighted by Gasteiger charge is 2.07. The zero-order chi connectivity index (χ0) is 18.8. The number of ether oxygens (including phenoxy) is 1. The number of aliphatic imine (C=N–C) groups is 1. The lowest BCUT2D eigenvalue weighted by atomic mass is 10.2. The maximum atomic E-state index is 5.80. The number of nitrogens with zero attached hydrogens (tertiary/aromatic N) is 2. The average molecular weight is 375 g/mol. The normalized spacial score (nSPS) is 12.8. The molecule has 26 heavy (non-hydrogen) atoms. The molecular weight excluding hydrogens is 344 g/mol. The number of aromatic nitrogens is 1. The van der Waals surface area contributed by atoms with Crippen LogP contribution in [0.2, 0.25) is 0 Å². The summed E-state index contributed by atoms with van der Waals surface area (Å²) < 4.78 is 5.80. The van der Waals surface area contributed by atoms with Gasteiger partial charge in [0.05, 0.1) is 23.9 Å². The van der Waals surface area contributed by atoms with E-state index in [0.29, 0.717) is 12.5 Å². The molecule has 0 fully saturated rings. The molecular formula is C20H30N4OS. The van der Waals surface area contributed by atoms with Gasteiger partial charge in [-0.25, -0.2) is 4.98 Å². The van der Waals surface area contributed by atoms with Crippen molar-refractivity contribution in [3.05, 3.63) is 51.5 Å². The van der Waals surface area contributed by atoms with Crippen LogP contribution in [-0.2, 0) is 17.8 Å². The molecule has 0 spiro atoms. The van der Waals surface area contributed by atoms with Gasteiger partial charge in [-0.15, -0.1) is 11.3 Å². The summed E-state index contributed by atoms with van der Waals surface area (Å²) in [7, 11) is 1.80. The van der Waals surface area contributed by atoms with E-state index in [-0.39, 0.29) is 0 Å². The number of benzene rings is 1. The number of rotatable bonds is 9. The van der Waals surface area contributed by atoms with Crippen LogP contribution in [0.15, 0.2) is 35.3 Å². The number of hydrogen-bond acceptors (Lipinski definition) is 4. The van der Waals surface area contributed by atoms with E-state index in [2.05, 4.69) is 53.5 Å². The molecule has 1 unspecified atom stereocenters. The first-order chi connectivity index (χ1) is 12.6. The zero-order valence-corrected chi connectivity index (χ0v) is 17.0. The van der Waals surface area contributed by atoms with Crippen LogP contribution in [-0.4, -0.2) is 37.7 Å². The molecule has 0 aliphatic heterocycles. The summed E-state index contributed by atoms with van der Waals surface area (Å²) in [6.07, 6.45) is 0.966. The van der Waals surface area contributed by atoms with Crippen LogP contribution in [0.25, 0.3) is 0 Å². The first kappa shape index (κ1) is 20.4. The lowest BCUT2D eigenvalue weighted by molar-refractivity contribution is 0.0931. The standard InChI is InChI=1S/C20H30N4OS/c1-15(13-25-14-18-8-6-5-7-9-18)12-23-20(21-4)22-11-10-19-16(2)24-17(3)26-19/h5-9,15H,10-14H2,1-4H3,(H2,21,22,23). The fourth-order valence-electron chi connectivity index (χ4n) is 2.60. The molecule has 0 aliphatic carbocycles. The zero-order valence-electron chi connectivity index (χ0n) is 16.2. The number of guanidine groups is 1. The van der Waals surface area contributed by atoms with Gasteiger partial charge in [-0.1, -0.05) is 37.3 Å². The van der Waals surface area contributed by atoms with Gasteiger partial charge in [-0.05, 0) is 25.3 Å². The molecule has 0 saturated heterocycles. The summed E-state index contributed by atoms with van der Waals surface area (Å²) >= 11 is 1.77. The molecule has 0 saturated carbocycles. The maximum Gasteiger partial charge on any atom is 0.190 e. The minimum atomic E-state index is 0.406. The number of nitrogens with one attached hydrogen (secondary N) is 2. The molecule has 0 aliphatic rings. The van der Waals surface area contributed by atoms with E-state index in [1.807, 2.05) is 18.2 Å². The van der Waals surface area contributed by atoms with Crippen LogP contribution in [0.3, 0.4) is 0 Å². The minimum absolute atomic E-state index is 0.406. The van der Waals surface area contributed by atoms with Crippen molar-refractivity contribution in [3.8, 4) is 0 Å². The third kappa shape index (κ3) is 7.14. The van der Waals surface area contributed by atoms with E-state index >= 15 is 0 Å². The van der Waals surface area contributed by atoms with Gasteiger partial charge in [0.15, 0.2) is 5.96 Å². The molecule has 2 rings (SSSR count). The van der Waals surface area contributed by atoms with Crippen molar-refractivity contribution < 1.29 is 4.74 Å². The van der Waals surface area contributed by atoms with Gasteiger partial charge < -0.3 is 15.4 Å². The first-order valence-corrected chi connectivity index (χ1v) is 9.89. The molecule has 142 valence electrons. The Kier molecular flexibility index (Phi) is 8.58. The quantitative estimate of drug-likeness (QED) is 0.522. The highest BCUT2D eigenvalue weighted by Crippen LogP contribution is 2.16. The Labute approximate surface area is 160 Å². The van der Waals surface area contributed by atoms with Gasteiger partial charge in [-0.2, -0.15) is 0 Å². The molecule has 0 bridgehead atoms. The molecule has 6 heteroatoms. The molecule has 5 nitrogen and oxygen atoms in total. The van der Waals surface area contributed by atoms with E-state index in [9.17, 15) is 0 Å². The lowest BCUT2D eigenvalue weighted by Crippen LogP contribution is -2.40. The SMILES string of the molecule is CN=C(NCCc1sc(C)nc1C)NCC(C)COCc1ccccc1. The highest BCUT2D eigenvalue weighted by molar-refractivity contribution is 7.11. The molecule has 0 radical (unpaired) electrons. The van der Waals surface area contributed by atoms with Gasteiger partial charge in [0.1, 0.15) is 0 Å². The predicted octanol–water partition coefficient (Wildman–Crippen LogP) is 3.32. The Bertz CT molecular complexity index is 684. The third-order valence-corrected chi connectivity index (χ3v) is 5.13. The van der Waals surface area contributed by atoms with E-state index in [4.69, 9.17) is 4.74 Å². The van der Waals surface area contributed by atoms with Crippen LogP contribution in [0.1, 0.15) is 28.1 Å². The fraction of sp³-hybridized carbons (Fsp3) is 0.500. The van der Waals surface area contributed by atoms with Crippen LogP contribution in [0.4, 0.5) is 0 Å². The molecule has 1 aromatic heterocycles. The summed E-state index contributed by atoms with van der Waals surface area (Å²) in [6, 6.07) is 10.3. The van der Waals surface area contributed by atoms with Crippen LogP contribution < -0.4 is 10.6 Å². The Hall–Kier alpha value is -1.92. The third-order valence-electron chi connectivity index (χ3n) is 4.00. The van der Waals surface area contributed by atoms with Crippen molar-refractivity contribution in [1.82, 2.24) is 15.6 Å². The molecule has 1 heterocycles. The van der Waals surface area contributed by atoms with E-state index in [1.54, 1.807) is 18.4 Å². The Morgan fingerprint density at radius 3 is 2.65 bits per heavy atom. The van der Waals surface area contributed by atoms with Crippen molar-refractivity contribution >= 4 is 17.3 Å². The predicted molar refractivity (Wildman–Crippen MR) is 110 cm³/mol. The maximum absolute atomic E-state index is 5.80. The topological polar surface area (TPSA) is 58.5 Å². The number of hydrogen-bond donors (Lipinski definition) is 2. The summed E-state index contributed by atoms with van der Waals surface area (Å²) in [6.45, 7) is 9.35. The van der Waals surface area contributed by atoms with Crippen LogP contribution in [0, 0.1) is 19.8 Å².